The zero-order chi connectivity index (χ0) is 14.8. The number of rotatable bonds is 5. The van der Waals surface area contributed by atoms with Gasteiger partial charge >= 0.3 is 6.01 Å². The quantitative estimate of drug-likeness (QED) is 0.749. The number of nitrogens with zero attached hydrogens (tertiary/aromatic N) is 2. The third kappa shape index (κ3) is 2.79. The van der Waals surface area contributed by atoms with Crippen molar-refractivity contribution in [2.45, 2.75) is 13.5 Å². The molecule has 0 saturated carbocycles. The Bertz CT molecular complexity index is 774. The summed E-state index contributed by atoms with van der Waals surface area (Å²) in [5.41, 5.74) is 6.47. The van der Waals surface area contributed by atoms with Crippen molar-refractivity contribution in [2.24, 2.45) is 5.73 Å². The Morgan fingerprint density at radius 2 is 2.33 bits per heavy atom. The molecular formula is C13H12N4O3S. The Labute approximate surface area is 123 Å². The average molecular weight is 304 g/mol. The van der Waals surface area contributed by atoms with Crippen LogP contribution in [0.3, 0.4) is 0 Å². The number of aromatic nitrogens is 2. The minimum atomic E-state index is -0.437. The first-order chi connectivity index (χ1) is 10.1. The van der Waals surface area contributed by atoms with Gasteiger partial charge in [0.2, 0.25) is 5.91 Å². The number of nitrogens with two attached hydrogens (primary N) is 1. The first-order valence-corrected chi connectivity index (χ1v) is 7.00. The lowest BCUT2D eigenvalue weighted by Gasteiger charge is -1.97. The van der Waals surface area contributed by atoms with Crippen LogP contribution in [0.2, 0.25) is 0 Å². The van der Waals surface area contributed by atoms with Gasteiger partial charge in [0.1, 0.15) is 5.76 Å². The molecule has 0 radical (unpaired) electrons. The summed E-state index contributed by atoms with van der Waals surface area (Å²) in [6, 6.07) is 3.81. The van der Waals surface area contributed by atoms with Crippen LogP contribution < -0.4 is 11.1 Å². The Kier molecular flexibility index (Phi) is 3.44. The van der Waals surface area contributed by atoms with E-state index < -0.39 is 5.91 Å². The van der Waals surface area contributed by atoms with E-state index in [9.17, 15) is 4.79 Å². The SMILES string of the molecule is Cc1occc1-c1nnc(NCc2cc(C(N)=O)cs2)o1. The fourth-order valence-corrected chi connectivity index (χ4v) is 2.59. The van der Waals surface area contributed by atoms with Gasteiger partial charge in [0, 0.05) is 10.3 Å². The summed E-state index contributed by atoms with van der Waals surface area (Å²) >= 11 is 1.44. The van der Waals surface area contributed by atoms with Gasteiger partial charge in [0.05, 0.1) is 23.9 Å². The molecule has 0 aliphatic carbocycles. The van der Waals surface area contributed by atoms with Gasteiger partial charge in [0.25, 0.3) is 5.89 Å². The molecule has 0 saturated heterocycles. The molecule has 21 heavy (non-hydrogen) atoms. The van der Waals surface area contributed by atoms with E-state index in [0.29, 0.717) is 24.0 Å². The van der Waals surface area contributed by atoms with Crippen molar-refractivity contribution in [3.63, 3.8) is 0 Å². The molecule has 8 heteroatoms. The molecule has 3 heterocycles. The summed E-state index contributed by atoms with van der Waals surface area (Å²) in [5, 5.41) is 12.6. The van der Waals surface area contributed by atoms with E-state index in [1.165, 1.54) is 11.3 Å². The molecule has 0 spiro atoms. The van der Waals surface area contributed by atoms with E-state index in [1.807, 2.05) is 6.92 Å². The van der Waals surface area contributed by atoms with Crippen LogP contribution in [0.4, 0.5) is 6.01 Å². The molecule has 1 amide bonds. The van der Waals surface area contributed by atoms with E-state index >= 15 is 0 Å². The highest BCUT2D eigenvalue weighted by Gasteiger charge is 2.13. The Balaban J connectivity index is 1.67. The standard InChI is InChI=1S/C13H12N4O3S/c1-7-10(2-3-19-7)12-16-17-13(20-12)15-5-9-4-8(6-21-9)11(14)18/h2-4,6H,5H2,1H3,(H2,14,18)(H,15,17). The summed E-state index contributed by atoms with van der Waals surface area (Å²) in [4.78, 5) is 12.0. The van der Waals surface area contributed by atoms with Gasteiger partial charge < -0.3 is 19.9 Å². The molecule has 3 aromatic heterocycles. The third-order valence-corrected chi connectivity index (χ3v) is 3.80. The van der Waals surface area contributed by atoms with Gasteiger partial charge in [-0.25, -0.2) is 0 Å². The Morgan fingerprint density at radius 3 is 3.00 bits per heavy atom. The predicted molar refractivity (Wildman–Crippen MR) is 76.9 cm³/mol. The second-order valence-electron chi connectivity index (χ2n) is 4.32. The predicted octanol–water partition coefficient (Wildman–Crippen LogP) is 2.41. The largest absolute Gasteiger partial charge is 0.469 e. The normalized spacial score (nSPS) is 10.7. The molecule has 0 aliphatic heterocycles. The summed E-state index contributed by atoms with van der Waals surface area (Å²) in [6.07, 6.45) is 1.57. The van der Waals surface area contributed by atoms with Crippen LogP contribution >= 0.6 is 11.3 Å². The van der Waals surface area contributed by atoms with Gasteiger partial charge in [0.15, 0.2) is 0 Å². The fourth-order valence-electron chi connectivity index (χ4n) is 1.78. The molecule has 3 aromatic rings. The number of aryl methyl sites for hydroxylation is 1. The number of nitrogens with one attached hydrogen (secondary N) is 1. The second-order valence-corrected chi connectivity index (χ2v) is 5.32. The number of carbonyl (C=O) groups is 1. The summed E-state index contributed by atoms with van der Waals surface area (Å²) in [6.45, 7) is 2.30. The number of hydrogen-bond donors (Lipinski definition) is 2. The van der Waals surface area contributed by atoms with Crippen molar-refractivity contribution in [2.75, 3.05) is 5.32 Å². The van der Waals surface area contributed by atoms with E-state index in [0.717, 1.165) is 16.2 Å². The number of amides is 1. The van der Waals surface area contributed by atoms with E-state index in [2.05, 4.69) is 15.5 Å². The maximum Gasteiger partial charge on any atom is 0.316 e. The molecule has 0 aliphatic rings. The van der Waals surface area contributed by atoms with Crippen molar-refractivity contribution in [1.29, 1.82) is 0 Å². The number of thiophene rings is 1. The first kappa shape index (κ1) is 13.4. The maximum absolute atomic E-state index is 11.0. The Morgan fingerprint density at radius 1 is 1.48 bits per heavy atom. The highest BCUT2D eigenvalue weighted by atomic mass is 32.1. The summed E-state index contributed by atoms with van der Waals surface area (Å²) < 4.78 is 10.7. The van der Waals surface area contributed by atoms with Crippen LogP contribution in [-0.4, -0.2) is 16.1 Å². The minimum absolute atomic E-state index is 0.305. The molecule has 0 aromatic carbocycles. The van der Waals surface area contributed by atoms with Crippen molar-refractivity contribution in [3.8, 4) is 11.5 Å². The smallest absolute Gasteiger partial charge is 0.316 e. The first-order valence-electron chi connectivity index (χ1n) is 6.12. The highest BCUT2D eigenvalue weighted by molar-refractivity contribution is 7.10. The van der Waals surface area contributed by atoms with Gasteiger partial charge in [-0.05, 0) is 19.1 Å². The van der Waals surface area contributed by atoms with Crippen LogP contribution in [-0.2, 0) is 6.54 Å². The number of hydrogen-bond acceptors (Lipinski definition) is 7. The molecule has 3 rings (SSSR count). The van der Waals surface area contributed by atoms with Crippen LogP contribution in [0.1, 0.15) is 21.0 Å². The summed E-state index contributed by atoms with van der Waals surface area (Å²) in [7, 11) is 0. The van der Waals surface area contributed by atoms with E-state index in [1.54, 1.807) is 23.8 Å². The molecule has 0 atom stereocenters. The van der Waals surface area contributed by atoms with E-state index in [-0.39, 0.29) is 0 Å². The molecule has 3 N–H and O–H groups in total. The number of carbonyl (C=O) groups excluding carboxylic acids is 1. The topological polar surface area (TPSA) is 107 Å². The molecule has 7 nitrogen and oxygen atoms in total. The van der Waals surface area contributed by atoms with E-state index in [4.69, 9.17) is 14.6 Å². The van der Waals surface area contributed by atoms with Gasteiger partial charge in [-0.1, -0.05) is 5.10 Å². The molecule has 0 bridgehead atoms. The van der Waals surface area contributed by atoms with Crippen molar-refractivity contribution < 1.29 is 13.6 Å². The zero-order valence-corrected chi connectivity index (χ0v) is 11.9. The average Bonchev–Trinajstić information content (AvgIpc) is 3.16. The van der Waals surface area contributed by atoms with Crippen LogP contribution in [0.15, 0.2) is 32.6 Å². The second kappa shape index (κ2) is 5.41. The van der Waals surface area contributed by atoms with Crippen molar-refractivity contribution >= 4 is 23.3 Å². The van der Waals surface area contributed by atoms with Gasteiger partial charge in [-0.3, -0.25) is 4.79 Å². The van der Waals surface area contributed by atoms with Crippen LogP contribution in [0.5, 0.6) is 0 Å². The van der Waals surface area contributed by atoms with Crippen molar-refractivity contribution in [3.05, 3.63) is 40.0 Å². The Hall–Kier alpha value is -2.61. The van der Waals surface area contributed by atoms with Gasteiger partial charge in [-0.2, -0.15) is 0 Å². The lowest BCUT2D eigenvalue weighted by molar-refractivity contribution is 0.100. The maximum atomic E-state index is 11.0. The zero-order valence-electron chi connectivity index (χ0n) is 11.1. The minimum Gasteiger partial charge on any atom is -0.469 e. The molecular weight excluding hydrogens is 292 g/mol. The number of anilines is 1. The monoisotopic (exact) mass is 304 g/mol. The van der Waals surface area contributed by atoms with Crippen molar-refractivity contribution in [1.82, 2.24) is 10.2 Å². The highest BCUT2D eigenvalue weighted by Crippen LogP contribution is 2.24. The van der Waals surface area contributed by atoms with Crippen LogP contribution in [0, 0.1) is 6.92 Å². The number of primary amides is 1. The van der Waals surface area contributed by atoms with Crippen LogP contribution in [0.25, 0.3) is 11.5 Å². The molecule has 0 unspecified atom stereocenters. The molecule has 0 fully saturated rings. The molecule has 108 valence electrons. The number of furan rings is 1. The lowest BCUT2D eigenvalue weighted by Crippen LogP contribution is -2.09. The third-order valence-electron chi connectivity index (χ3n) is 2.87. The fraction of sp³-hybridized carbons (Fsp3) is 0.154. The van der Waals surface area contributed by atoms with Gasteiger partial charge in [-0.15, -0.1) is 16.4 Å². The lowest BCUT2D eigenvalue weighted by atomic mass is 10.3. The summed E-state index contributed by atoms with van der Waals surface area (Å²) in [5.74, 6) is 0.676.